The fraction of sp³-hybridized carbons (Fsp3) is 0.500. The van der Waals surface area contributed by atoms with Crippen LogP contribution in [0.3, 0.4) is 0 Å². The second kappa shape index (κ2) is 10.1. The minimum Gasteiger partial charge on any atom is -0.454 e. The molecular formula is C18H25N3O4S. The monoisotopic (exact) mass is 379 g/mol. The zero-order valence-corrected chi connectivity index (χ0v) is 15.6. The highest BCUT2D eigenvalue weighted by Crippen LogP contribution is 2.29. The van der Waals surface area contributed by atoms with Gasteiger partial charge in [0.05, 0.1) is 6.04 Å². The number of fused-ring (bicyclic) bond motifs is 1. The van der Waals surface area contributed by atoms with Crippen molar-refractivity contribution in [2.75, 3.05) is 18.6 Å². The van der Waals surface area contributed by atoms with E-state index < -0.39 is 18.0 Å². The number of thioether (sulfide) groups is 1. The van der Waals surface area contributed by atoms with Gasteiger partial charge in [0.25, 0.3) is 5.91 Å². The fourth-order valence-corrected chi connectivity index (χ4v) is 3.50. The maximum atomic E-state index is 12.2. The quantitative estimate of drug-likeness (QED) is 0.593. The molecule has 0 fully saturated rings. The van der Waals surface area contributed by atoms with E-state index in [0.717, 1.165) is 24.8 Å². The van der Waals surface area contributed by atoms with Crippen LogP contribution in [-0.4, -0.2) is 42.6 Å². The summed E-state index contributed by atoms with van der Waals surface area (Å²) in [5.41, 5.74) is 7.44. The summed E-state index contributed by atoms with van der Waals surface area (Å²) in [6.07, 6.45) is 5.15. The molecule has 1 aliphatic carbocycles. The summed E-state index contributed by atoms with van der Waals surface area (Å²) in [5.74, 6) is -0.356. The number of primary amides is 1. The normalized spacial score (nSPS) is 16.9. The molecule has 2 atom stereocenters. The van der Waals surface area contributed by atoms with Crippen LogP contribution in [0.1, 0.15) is 36.4 Å². The molecule has 1 aliphatic rings. The molecule has 1 aromatic carbocycles. The van der Waals surface area contributed by atoms with Gasteiger partial charge >= 0.3 is 12.0 Å². The van der Waals surface area contributed by atoms with Crippen LogP contribution in [0.4, 0.5) is 4.79 Å². The first-order chi connectivity index (χ1) is 12.5. The number of hydrogen-bond acceptors (Lipinski definition) is 5. The van der Waals surface area contributed by atoms with Crippen LogP contribution in [0.2, 0.25) is 0 Å². The molecule has 26 heavy (non-hydrogen) atoms. The molecule has 0 aliphatic heterocycles. The Balaban J connectivity index is 1.86. The second-order valence-electron chi connectivity index (χ2n) is 6.16. The first kappa shape index (κ1) is 20.1. The van der Waals surface area contributed by atoms with Crippen molar-refractivity contribution in [2.45, 2.75) is 37.8 Å². The molecule has 142 valence electrons. The van der Waals surface area contributed by atoms with Gasteiger partial charge in [-0.2, -0.15) is 11.8 Å². The minimum atomic E-state index is -0.844. The van der Waals surface area contributed by atoms with Gasteiger partial charge in [0, 0.05) is 0 Å². The Morgan fingerprint density at radius 2 is 2.12 bits per heavy atom. The lowest BCUT2D eigenvalue weighted by molar-refractivity contribution is -0.150. The summed E-state index contributed by atoms with van der Waals surface area (Å²) in [7, 11) is 0. The number of esters is 1. The molecule has 0 heterocycles. The molecule has 7 nitrogen and oxygen atoms in total. The highest BCUT2D eigenvalue weighted by Gasteiger charge is 2.24. The van der Waals surface area contributed by atoms with E-state index in [9.17, 15) is 14.4 Å². The van der Waals surface area contributed by atoms with Gasteiger partial charge in [-0.1, -0.05) is 24.3 Å². The number of amides is 3. The predicted octanol–water partition coefficient (Wildman–Crippen LogP) is 1.51. The van der Waals surface area contributed by atoms with Crippen molar-refractivity contribution in [1.82, 2.24) is 10.6 Å². The number of nitrogens with two attached hydrogens (primary N) is 1. The Kier molecular flexibility index (Phi) is 7.77. The molecule has 2 rings (SSSR count). The molecule has 0 unspecified atom stereocenters. The maximum absolute atomic E-state index is 12.2. The van der Waals surface area contributed by atoms with Gasteiger partial charge in [0.2, 0.25) is 0 Å². The van der Waals surface area contributed by atoms with Crippen LogP contribution in [0.25, 0.3) is 0 Å². The van der Waals surface area contributed by atoms with E-state index in [-0.39, 0.29) is 18.6 Å². The first-order valence-corrected chi connectivity index (χ1v) is 9.99. The molecule has 0 aromatic heterocycles. The largest absolute Gasteiger partial charge is 0.454 e. The molecule has 0 saturated carbocycles. The van der Waals surface area contributed by atoms with E-state index in [1.807, 2.05) is 24.5 Å². The van der Waals surface area contributed by atoms with E-state index in [4.69, 9.17) is 10.5 Å². The molecule has 0 bridgehead atoms. The van der Waals surface area contributed by atoms with Gasteiger partial charge in [0.15, 0.2) is 6.61 Å². The van der Waals surface area contributed by atoms with Gasteiger partial charge in [-0.15, -0.1) is 0 Å². The summed E-state index contributed by atoms with van der Waals surface area (Å²) in [5, 5.41) is 5.27. The number of nitrogens with one attached hydrogen (secondary N) is 2. The van der Waals surface area contributed by atoms with Crippen LogP contribution in [-0.2, 0) is 20.7 Å². The zero-order chi connectivity index (χ0) is 18.9. The van der Waals surface area contributed by atoms with Crippen LogP contribution < -0.4 is 16.4 Å². The molecule has 0 spiro atoms. The summed E-state index contributed by atoms with van der Waals surface area (Å²) >= 11 is 1.54. The Morgan fingerprint density at radius 3 is 2.85 bits per heavy atom. The van der Waals surface area contributed by atoms with E-state index in [1.165, 1.54) is 17.3 Å². The summed E-state index contributed by atoms with van der Waals surface area (Å²) < 4.78 is 5.06. The molecule has 0 radical (unpaired) electrons. The molecule has 1 aromatic rings. The van der Waals surface area contributed by atoms with Gasteiger partial charge in [0.1, 0.15) is 6.04 Å². The highest BCUT2D eigenvalue weighted by molar-refractivity contribution is 7.98. The Morgan fingerprint density at radius 1 is 1.35 bits per heavy atom. The molecule has 8 heteroatoms. The number of carbonyl (C=O) groups excluding carboxylic acids is 3. The van der Waals surface area contributed by atoms with Crippen molar-refractivity contribution in [3.63, 3.8) is 0 Å². The summed E-state index contributed by atoms with van der Waals surface area (Å²) in [6, 6.07) is 6.32. The number of ether oxygens (including phenoxy) is 1. The van der Waals surface area contributed by atoms with E-state index in [1.54, 1.807) is 0 Å². The average molecular weight is 379 g/mol. The zero-order valence-electron chi connectivity index (χ0n) is 14.8. The van der Waals surface area contributed by atoms with E-state index in [2.05, 4.69) is 16.7 Å². The van der Waals surface area contributed by atoms with Crippen molar-refractivity contribution in [1.29, 1.82) is 0 Å². The average Bonchev–Trinajstić information content (AvgIpc) is 2.63. The number of urea groups is 1. The van der Waals surface area contributed by atoms with E-state index in [0.29, 0.717) is 12.2 Å². The van der Waals surface area contributed by atoms with Crippen LogP contribution in [0.15, 0.2) is 24.3 Å². The Hall–Kier alpha value is -2.22. The number of hydrogen-bond donors (Lipinski definition) is 3. The van der Waals surface area contributed by atoms with Crippen molar-refractivity contribution in [3.8, 4) is 0 Å². The molecule has 0 saturated heterocycles. The summed E-state index contributed by atoms with van der Waals surface area (Å²) in [6.45, 7) is -0.381. The first-order valence-electron chi connectivity index (χ1n) is 8.60. The van der Waals surface area contributed by atoms with Crippen molar-refractivity contribution >= 4 is 29.7 Å². The van der Waals surface area contributed by atoms with Crippen LogP contribution in [0, 0.1) is 0 Å². The third kappa shape index (κ3) is 5.94. The lowest BCUT2D eigenvalue weighted by Crippen LogP contribution is -2.45. The van der Waals surface area contributed by atoms with Gasteiger partial charge < -0.3 is 21.1 Å². The van der Waals surface area contributed by atoms with Crippen LogP contribution in [0.5, 0.6) is 0 Å². The standard InChI is InChI=1S/C18H25N3O4S/c1-26-10-9-15(21-18(19)24)17(23)25-11-16(22)20-14-8-4-6-12-5-2-3-7-13(12)14/h2-3,5,7,14-15H,4,6,8-11H2,1H3,(H,20,22)(H3,19,21,24)/t14-,15+/m0/s1. The van der Waals surface area contributed by atoms with Gasteiger partial charge in [-0.25, -0.2) is 9.59 Å². The number of benzene rings is 1. The number of aryl methyl sites for hydroxylation is 1. The number of rotatable bonds is 8. The SMILES string of the molecule is CSCC[C@@H](NC(N)=O)C(=O)OCC(=O)N[C@H]1CCCc2ccccc21. The third-order valence-corrected chi connectivity index (χ3v) is 4.91. The second-order valence-corrected chi connectivity index (χ2v) is 7.15. The smallest absolute Gasteiger partial charge is 0.329 e. The van der Waals surface area contributed by atoms with Crippen LogP contribution >= 0.6 is 11.8 Å². The molecular weight excluding hydrogens is 354 g/mol. The van der Waals surface area contributed by atoms with Gasteiger partial charge in [-0.3, -0.25) is 4.79 Å². The highest BCUT2D eigenvalue weighted by atomic mass is 32.2. The lowest BCUT2D eigenvalue weighted by Gasteiger charge is -2.26. The van der Waals surface area contributed by atoms with E-state index >= 15 is 0 Å². The Labute approximate surface area is 157 Å². The van der Waals surface area contributed by atoms with Gasteiger partial charge in [-0.05, 0) is 48.8 Å². The third-order valence-electron chi connectivity index (χ3n) is 4.26. The molecule has 4 N–H and O–H groups in total. The van der Waals surface area contributed by atoms with Crippen molar-refractivity contribution < 1.29 is 19.1 Å². The summed E-state index contributed by atoms with van der Waals surface area (Å²) in [4.78, 5) is 35.3. The van der Waals surface area contributed by atoms with Crippen molar-refractivity contribution in [2.24, 2.45) is 5.73 Å². The Bertz CT molecular complexity index is 653. The van der Waals surface area contributed by atoms with Crippen molar-refractivity contribution in [3.05, 3.63) is 35.4 Å². The predicted molar refractivity (Wildman–Crippen MR) is 101 cm³/mol. The molecule has 3 amide bonds. The lowest BCUT2D eigenvalue weighted by atomic mass is 9.88. The minimum absolute atomic E-state index is 0.0674. The fourth-order valence-electron chi connectivity index (χ4n) is 3.03. The topological polar surface area (TPSA) is 111 Å². The maximum Gasteiger partial charge on any atom is 0.329 e. The number of carbonyl (C=O) groups is 3.